The molecule has 0 aromatic heterocycles. The molecule has 0 radical (unpaired) electrons. The Labute approximate surface area is 171 Å². The van der Waals surface area contributed by atoms with Gasteiger partial charge in [0, 0.05) is 12.6 Å². The van der Waals surface area contributed by atoms with Crippen molar-refractivity contribution in [3.63, 3.8) is 0 Å². The highest BCUT2D eigenvalue weighted by molar-refractivity contribution is 7.91. The lowest BCUT2D eigenvalue weighted by Crippen LogP contribution is -2.45. The summed E-state index contributed by atoms with van der Waals surface area (Å²) in [5, 5.41) is 2.02. The van der Waals surface area contributed by atoms with Gasteiger partial charge < -0.3 is 9.64 Å². The first kappa shape index (κ1) is 21.3. The van der Waals surface area contributed by atoms with Crippen LogP contribution in [0.5, 0.6) is 0 Å². The number of carbonyl (C=O) groups is 2. The number of amides is 1. The summed E-state index contributed by atoms with van der Waals surface area (Å²) in [6.07, 6.45) is 0.515. The van der Waals surface area contributed by atoms with Crippen molar-refractivity contribution in [3.8, 4) is 0 Å². The Bertz CT molecular complexity index is 994. The topological polar surface area (TPSA) is 80.8 Å². The molecule has 0 bridgehead atoms. The van der Waals surface area contributed by atoms with Crippen molar-refractivity contribution in [3.05, 3.63) is 48.0 Å². The van der Waals surface area contributed by atoms with E-state index >= 15 is 0 Å². The SMILES string of the molecule is CC(C)CN(C(=O)COC(=O)Cc1cccc2ccccc12)C1CCS(=O)(=O)C1. The van der Waals surface area contributed by atoms with Crippen LogP contribution in [0.2, 0.25) is 0 Å². The first-order valence-corrected chi connectivity index (χ1v) is 11.7. The molecule has 1 unspecified atom stereocenters. The molecule has 6 nitrogen and oxygen atoms in total. The first-order valence-electron chi connectivity index (χ1n) is 9.87. The Kier molecular flexibility index (Phi) is 6.57. The third kappa shape index (κ3) is 5.56. The molecule has 2 aromatic carbocycles. The molecular weight excluding hydrogens is 390 g/mol. The minimum Gasteiger partial charge on any atom is -0.455 e. The molecule has 0 spiro atoms. The molecule has 156 valence electrons. The second-order valence-corrected chi connectivity index (χ2v) is 10.2. The zero-order valence-corrected chi connectivity index (χ0v) is 17.7. The van der Waals surface area contributed by atoms with E-state index in [-0.39, 0.29) is 42.4 Å². The first-order chi connectivity index (χ1) is 13.7. The molecule has 0 N–H and O–H groups in total. The van der Waals surface area contributed by atoms with E-state index < -0.39 is 15.8 Å². The molecule has 2 aromatic rings. The van der Waals surface area contributed by atoms with E-state index in [1.165, 1.54) is 0 Å². The summed E-state index contributed by atoms with van der Waals surface area (Å²) in [5.41, 5.74) is 0.849. The zero-order valence-electron chi connectivity index (χ0n) is 16.8. The Hall–Kier alpha value is -2.41. The summed E-state index contributed by atoms with van der Waals surface area (Å²) >= 11 is 0. The predicted molar refractivity (Wildman–Crippen MR) is 112 cm³/mol. The van der Waals surface area contributed by atoms with Crippen LogP contribution in [0.15, 0.2) is 42.5 Å². The van der Waals surface area contributed by atoms with Crippen LogP contribution in [-0.2, 0) is 30.6 Å². The summed E-state index contributed by atoms with van der Waals surface area (Å²) in [6.45, 7) is 4.01. The van der Waals surface area contributed by atoms with E-state index in [1.54, 1.807) is 4.90 Å². The number of esters is 1. The van der Waals surface area contributed by atoms with Crippen molar-refractivity contribution in [1.29, 1.82) is 0 Å². The minimum absolute atomic E-state index is 0.0184. The second-order valence-electron chi connectivity index (χ2n) is 7.97. The molecule has 1 fully saturated rings. The Balaban J connectivity index is 1.62. The molecule has 1 saturated heterocycles. The van der Waals surface area contributed by atoms with Gasteiger partial charge in [0.1, 0.15) is 0 Å². The van der Waals surface area contributed by atoms with E-state index in [2.05, 4.69) is 0 Å². The number of carbonyl (C=O) groups excluding carboxylic acids is 2. The highest BCUT2D eigenvalue weighted by atomic mass is 32.2. The smallest absolute Gasteiger partial charge is 0.310 e. The summed E-state index contributed by atoms with van der Waals surface area (Å²) in [4.78, 5) is 26.6. The molecule has 1 amide bonds. The van der Waals surface area contributed by atoms with Gasteiger partial charge >= 0.3 is 5.97 Å². The Morgan fingerprint density at radius 2 is 1.86 bits per heavy atom. The van der Waals surface area contributed by atoms with Gasteiger partial charge in [-0.1, -0.05) is 56.3 Å². The van der Waals surface area contributed by atoms with Gasteiger partial charge in [-0.25, -0.2) is 8.42 Å². The maximum absolute atomic E-state index is 12.7. The van der Waals surface area contributed by atoms with Crippen LogP contribution in [0, 0.1) is 5.92 Å². The third-order valence-corrected chi connectivity index (χ3v) is 6.85. The van der Waals surface area contributed by atoms with Crippen LogP contribution < -0.4 is 0 Å². The maximum Gasteiger partial charge on any atom is 0.310 e. The standard InChI is InChI=1S/C22H27NO5S/c1-16(2)13-23(19-10-11-29(26,27)15-19)21(24)14-28-22(25)12-18-8-5-7-17-6-3-4-9-20(17)18/h3-9,16,19H,10-15H2,1-2H3. The summed E-state index contributed by atoms with van der Waals surface area (Å²) in [7, 11) is -3.10. The normalized spacial score (nSPS) is 18.1. The summed E-state index contributed by atoms with van der Waals surface area (Å²) in [6, 6.07) is 13.2. The van der Waals surface area contributed by atoms with Gasteiger partial charge in [0.15, 0.2) is 16.4 Å². The lowest BCUT2D eigenvalue weighted by Gasteiger charge is -2.29. The number of hydrogen-bond acceptors (Lipinski definition) is 5. The molecular formula is C22H27NO5S. The third-order valence-electron chi connectivity index (χ3n) is 5.10. The lowest BCUT2D eigenvalue weighted by molar-refractivity contribution is -0.152. The van der Waals surface area contributed by atoms with E-state index in [1.807, 2.05) is 56.3 Å². The highest BCUT2D eigenvalue weighted by Gasteiger charge is 2.35. The van der Waals surface area contributed by atoms with Crippen molar-refractivity contribution in [2.24, 2.45) is 5.92 Å². The number of ether oxygens (including phenoxy) is 1. The van der Waals surface area contributed by atoms with Crippen LogP contribution >= 0.6 is 0 Å². The lowest BCUT2D eigenvalue weighted by atomic mass is 10.0. The average Bonchev–Trinajstić information content (AvgIpc) is 3.04. The fraction of sp³-hybridized carbons (Fsp3) is 0.455. The van der Waals surface area contributed by atoms with Crippen molar-refractivity contribution < 1.29 is 22.7 Å². The van der Waals surface area contributed by atoms with Crippen molar-refractivity contribution in [2.45, 2.75) is 32.7 Å². The van der Waals surface area contributed by atoms with Gasteiger partial charge in [-0.15, -0.1) is 0 Å². The van der Waals surface area contributed by atoms with Gasteiger partial charge in [0.25, 0.3) is 5.91 Å². The highest BCUT2D eigenvalue weighted by Crippen LogP contribution is 2.21. The second kappa shape index (κ2) is 8.95. The van der Waals surface area contributed by atoms with E-state index in [0.717, 1.165) is 16.3 Å². The van der Waals surface area contributed by atoms with Crippen LogP contribution in [0.1, 0.15) is 25.8 Å². The van der Waals surface area contributed by atoms with Crippen LogP contribution in [0.3, 0.4) is 0 Å². The fourth-order valence-corrected chi connectivity index (χ4v) is 5.48. The van der Waals surface area contributed by atoms with Gasteiger partial charge in [-0.3, -0.25) is 9.59 Å². The van der Waals surface area contributed by atoms with Gasteiger partial charge in [0.2, 0.25) is 0 Å². The molecule has 0 saturated carbocycles. The van der Waals surface area contributed by atoms with Gasteiger partial charge in [0.05, 0.1) is 17.9 Å². The summed E-state index contributed by atoms with van der Waals surface area (Å²) in [5.74, 6) is -0.547. The zero-order chi connectivity index (χ0) is 21.0. The van der Waals surface area contributed by atoms with Crippen molar-refractivity contribution in [2.75, 3.05) is 24.7 Å². The average molecular weight is 418 g/mol. The van der Waals surface area contributed by atoms with Crippen LogP contribution in [0.25, 0.3) is 10.8 Å². The summed E-state index contributed by atoms with van der Waals surface area (Å²) < 4.78 is 28.9. The molecule has 0 aliphatic carbocycles. The predicted octanol–water partition coefficient (Wildman–Crippen LogP) is 2.60. The maximum atomic E-state index is 12.7. The number of rotatable bonds is 7. The molecule has 3 rings (SSSR count). The number of fused-ring (bicyclic) bond motifs is 1. The minimum atomic E-state index is -3.10. The number of sulfone groups is 1. The molecule has 1 atom stereocenters. The number of hydrogen-bond donors (Lipinski definition) is 0. The van der Waals surface area contributed by atoms with Crippen molar-refractivity contribution >= 4 is 32.5 Å². The van der Waals surface area contributed by atoms with E-state index in [4.69, 9.17) is 4.74 Å². The van der Waals surface area contributed by atoms with Crippen LogP contribution in [0.4, 0.5) is 0 Å². The molecule has 1 aliphatic rings. The molecule has 1 heterocycles. The van der Waals surface area contributed by atoms with Crippen molar-refractivity contribution in [1.82, 2.24) is 4.90 Å². The molecule has 7 heteroatoms. The largest absolute Gasteiger partial charge is 0.455 e. The fourth-order valence-electron chi connectivity index (χ4n) is 3.75. The quantitative estimate of drug-likeness (QED) is 0.647. The van der Waals surface area contributed by atoms with Crippen LogP contribution in [-0.4, -0.2) is 55.9 Å². The molecule has 1 aliphatic heterocycles. The molecule has 29 heavy (non-hydrogen) atoms. The van der Waals surface area contributed by atoms with E-state index in [9.17, 15) is 18.0 Å². The monoisotopic (exact) mass is 417 g/mol. The van der Waals surface area contributed by atoms with E-state index in [0.29, 0.717) is 13.0 Å². The number of nitrogens with zero attached hydrogens (tertiary/aromatic N) is 1. The van der Waals surface area contributed by atoms with Gasteiger partial charge in [-0.05, 0) is 28.7 Å². The Morgan fingerprint density at radius 1 is 1.14 bits per heavy atom. The number of benzene rings is 2. The Morgan fingerprint density at radius 3 is 2.55 bits per heavy atom. The van der Waals surface area contributed by atoms with Gasteiger partial charge in [-0.2, -0.15) is 0 Å².